The first-order chi connectivity index (χ1) is 12.8. The number of para-hydroxylation sites is 1. The molecule has 3 N–H and O–H groups in total. The van der Waals surface area contributed by atoms with Crippen LogP contribution in [0.4, 0.5) is 0 Å². The van der Waals surface area contributed by atoms with Gasteiger partial charge >= 0.3 is 0 Å². The lowest BCUT2D eigenvalue weighted by Crippen LogP contribution is -2.62. The Morgan fingerprint density at radius 3 is 2.37 bits per heavy atom. The number of rotatable bonds is 5. The van der Waals surface area contributed by atoms with Gasteiger partial charge in [0.2, 0.25) is 11.7 Å². The van der Waals surface area contributed by atoms with Crippen molar-refractivity contribution in [2.75, 3.05) is 0 Å². The molecule has 0 saturated carbocycles. The predicted molar refractivity (Wildman–Crippen MR) is 92.7 cm³/mol. The van der Waals surface area contributed by atoms with Crippen molar-refractivity contribution >= 4 is 10.1 Å². The first kappa shape index (κ1) is 19.5. The zero-order chi connectivity index (χ0) is 19.6. The fourth-order valence-electron chi connectivity index (χ4n) is 2.67. The minimum Gasteiger partial charge on any atom is -0.484 e. The van der Waals surface area contributed by atoms with E-state index in [2.05, 4.69) is 4.98 Å². The van der Waals surface area contributed by atoms with Crippen LogP contribution in [0, 0.1) is 6.92 Å². The number of hydrogen-bond acceptors (Lipinski definition) is 8. The van der Waals surface area contributed by atoms with Gasteiger partial charge in [-0.2, -0.15) is 8.42 Å². The number of aryl methyl sites for hydroxylation is 1. The van der Waals surface area contributed by atoms with E-state index in [9.17, 15) is 23.2 Å². The second-order valence-electron chi connectivity index (χ2n) is 6.02. The van der Waals surface area contributed by atoms with Gasteiger partial charge in [0.05, 0.1) is 0 Å². The molecule has 1 aliphatic rings. The van der Waals surface area contributed by atoms with Crippen molar-refractivity contribution in [3.8, 4) is 11.5 Å². The predicted octanol–water partition coefficient (Wildman–Crippen LogP) is 0.508. The molecule has 1 saturated heterocycles. The molecule has 2 heterocycles. The van der Waals surface area contributed by atoms with Crippen molar-refractivity contribution in [2.45, 2.75) is 37.0 Å². The van der Waals surface area contributed by atoms with Gasteiger partial charge in [0, 0.05) is 18.0 Å². The van der Waals surface area contributed by atoms with Crippen LogP contribution >= 0.6 is 0 Å². The summed E-state index contributed by atoms with van der Waals surface area (Å²) in [6.07, 6.45) is -4.90. The number of ether oxygens (including phenoxy) is 3. The van der Waals surface area contributed by atoms with E-state index in [-0.39, 0.29) is 5.75 Å². The van der Waals surface area contributed by atoms with E-state index in [1.54, 1.807) is 43.3 Å². The highest BCUT2D eigenvalue weighted by Crippen LogP contribution is 2.29. The largest absolute Gasteiger partial charge is 0.484 e. The third-order valence-electron chi connectivity index (χ3n) is 3.93. The molecule has 10 heteroatoms. The summed E-state index contributed by atoms with van der Waals surface area (Å²) in [6.45, 7) is 1.71. The smallest absolute Gasteiger partial charge is 0.295 e. The number of pyridine rings is 1. The summed E-state index contributed by atoms with van der Waals surface area (Å²) in [4.78, 5) is 4.01. The Balaban J connectivity index is 1.89. The van der Waals surface area contributed by atoms with Gasteiger partial charge < -0.3 is 24.4 Å². The molecule has 9 nitrogen and oxygen atoms in total. The van der Waals surface area contributed by atoms with Gasteiger partial charge in [0.25, 0.3) is 10.1 Å². The Morgan fingerprint density at radius 2 is 1.74 bits per heavy atom. The normalized spacial score (nSPS) is 28.5. The van der Waals surface area contributed by atoms with Crippen LogP contribution in [0.5, 0.6) is 11.5 Å². The van der Waals surface area contributed by atoms with Crippen LogP contribution in [0.25, 0.3) is 0 Å². The molecular weight excluding hydrogens is 378 g/mol. The van der Waals surface area contributed by atoms with Crippen LogP contribution in [0.15, 0.2) is 48.7 Å². The minimum atomic E-state index is -4.81. The highest BCUT2D eigenvalue weighted by molar-refractivity contribution is 7.86. The van der Waals surface area contributed by atoms with Gasteiger partial charge in [-0.3, -0.25) is 9.54 Å². The van der Waals surface area contributed by atoms with Gasteiger partial charge in [-0.1, -0.05) is 18.2 Å². The molecule has 0 bridgehead atoms. The average molecular weight is 397 g/mol. The van der Waals surface area contributed by atoms with Crippen LogP contribution in [0.1, 0.15) is 5.69 Å². The second kappa shape index (κ2) is 7.79. The summed E-state index contributed by atoms with van der Waals surface area (Å²) in [5.41, 5.74) is -1.44. The van der Waals surface area contributed by atoms with E-state index >= 15 is 0 Å². The van der Waals surface area contributed by atoms with Crippen molar-refractivity contribution in [3.63, 3.8) is 0 Å². The number of aliphatic hydroxyl groups is 2. The maximum absolute atomic E-state index is 11.6. The van der Waals surface area contributed by atoms with Crippen molar-refractivity contribution in [3.05, 3.63) is 54.4 Å². The molecular formula is C17H19NO8S. The zero-order valence-corrected chi connectivity index (χ0v) is 15.1. The molecule has 0 radical (unpaired) electrons. The quantitative estimate of drug-likeness (QED) is 0.617. The second-order valence-corrected chi connectivity index (χ2v) is 7.51. The fraction of sp³-hybridized carbons (Fsp3) is 0.353. The number of nitrogens with zero attached hydrogens (tertiary/aromatic N) is 1. The number of benzene rings is 1. The van der Waals surface area contributed by atoms with Crippen molar-refractivity contribution < 1.29 is 37.4 Å². The van der Waals surface area contributed by atoms with Gasteiger partial charge in [-0.05, 0) is 25.1 Å². The zero-order valence-electron chi connectivity index (χ0n) is 14.2. The van der Waals surface area contributed by atoms with Crippen LogP contribution in [-0.2, 0) is 14.9 Å². The lowest BCUT2D eigenvalue weighted by molar-refractivity contribution is -0.248. The molecule has 1 unspecified atom stereocenters. The molecule has 1 fully saturated rings. The topological polar surface area (TPSA) is 135 Å². The van der Waals surface area contributed by atoms with E-state index in [0.29, 0.717) is 11.4 Å². The van der Waals surface area contributed by atoms with Gasteiger partial charge in [-0.15, -0.1) is 0 Å². The minimum absolute atomic E-state index is 0.250. The van der Waals surface area contributed by atoms with Gasteiger partial charge in [0.1, 0.15) is 17.6 Å². The summed E-state index contributed by atoms with van der Waals surface area (Å²) in [7, 11) is -4.81. The molecule has 2 aromatic rings. The molecule has 146 valence electrons. The van der Waals surface area contributed by atoms with Gasteiger partial charge in [-0.25, -0.2) is 0 Å². The number of aliphatic hydroxyl groups excluding tert-OH is 2. The standard InChI is InChI=1S/C17H19NO8S/c1-10-9-12(7-8-18-10)24-15-13(19)16(25-11-5-3-2-4-6-11)26-17(14(15)20)27(21,22)23/h2-9,13-17,19-20H,1H3,(H,21,22,23)/t13-,14+,15-,16-,17?/m1/s1. The first-order valence-electron chi connectivity index (χ1n) is 8.04. The Hall–Kier alpha value is -2.24. The van der Waals surface area contributed by atoms with Crippen LogP contribution in [0.2, 0.25) is 0 Å². The Morgan fingerprint density at radius 1 is 1.04 bits per heavy atom. The number of aromatic nitrogens is 1. The first-order valence-corrected chi connectivity index (χ1v) is 9.55. The van der Waals surface area contributed by atoms with Crippen LogP contribution in [0.3, 0.4) is 0 Å². The molecule has 1 aromatic heterocycles. The molecule has 0 aliphatic carbocycles. The van der Waals surface area contributed by atoms with Crippen molar-refractivity contribution in [1.82, 2.24) is 4.98 Å². The highest BCUT2D eigenvalue weighted by atomic mass is 32.2. The average Bonchev–Trinajstić information content (AvgIpc) is 2.61. The summed E-state index contributed by atoms with van der Waals surface area (Å²) in [5, 5.41) is 20.9. The molecule has 3 rings (SSSR count). The molecule has 5 atom stereocenters. The summed E-state index contributed by atoms with van der Waals surface area (Å²) < 4.78 is 48.8. The van der Waals surface area contributed by atoms with Crippen molar-refractivity contribution in [2.24, 2.45) is 0 Å². The maximum atomic E-state index is 11.6. The summed E-state index contributed by atoms with van der Waals surface area (Å²) >= 11 is 0. The summed E-state index contributed by atoms with van der Waals surface area (Å²) in [5.74, 6) is 0.547. The third-order valence-corrected chi connectivity index (χ3v) is 4.91. The molecule has 1 aromatic carbocycles. The van der Waals surface area contributed by atoms with Crippen LogP contribution < -0.4 is 9.47 Å². The Bertz CT molecular complexity index is 876. The van der Waals surface area contributed by atoms with E-state index in [1.807, 2.05) is 0 Å². The maximum Gasteiger partial charge on any atom is 0.295 e. The monoisotopic (exact) mass is 397 g/mol. The SMILES string of the molecule is Cc1cc(O[C@@H]2[C@@H](O)[C@H](Oc3ccccc3)OC(S(=O)(=O)O)[C@H]2O)ccn1. The highest BCUT2D eigenvalue weighted by Gasteiger charge is 2.52. The molecule has 0 spiro atoms. The van der Waals surface area contributed by atoms with E-state index < -0.39 is 40.2 Å². The Kier molecular flexibility index (Phi) is 5.63. The fourth-order valence-corrected chi connectivity index (χ4v) is 3.43. The molecule has 0 amide bonds. The number of hydrogen-bond donors (Lipinski definition) is 3. The van der Waals surface area contributed by atoms with E-state index in [0.717, 1.165) is 0 Å². The third kappa shape index (κ3) is 4.54. The summed E-state index contributed by atoms with van der Waals surface area (Å²) in [6, 6.07) is 11.3. The lowest BCUT2D eigenvalue weighted by Gasteiger charge is -2.40. The van der Waals surface area contributed by atoms with E-state index in [1.165, 1.54) is 12.3 Å². The molecule has 1 aliphatic heterocycles. The Labute approximate surface area is 155 Å². The lowest BCUT2D eigenvalue weighted by atomic mass is 10.0. The van der Waals surface area contributed by atoms with Gasteiger partial charge in [0.15, 0.2) is 12.2 Å². The van der Waals surface area contributed by atoms with Crippen molar-refractivity contribution in [1.29, 1.82) is 0 Å². The van der Waals surface area contributed by atoms with E-state index in [4.69, 9.17) is 14.2 Å². The van der Waals surface area contributed by atoms with Crippen LogP contribution in [-0.4, -0.2) is 58.2 Å². The molecule has 27 heavy (non-hydrogen) atoms.